The van der Waals surface area contributed by atoms with Crippen LogP contribution in [0.4, 0.5) is 4.39 Å². The molecule has 4 saturated carbocycles. The van der Waals surface area contributed by atoms with Crippen molar-refractivity contribution in [3.05, 3.63) is 35.6 Å². The third kappa shape index (κ3) is 3.65. The number of ether oxygens (including phenoxy) is 1. The molecule has 31 heavy (non-hydrogen) atoms. The van der Waals surface area contributed by atoms with Crippen LogP contribution in [-0.2, 0) is 14.3 Å². The molecule has 5 fully saturated rings. The highest BCUT2D eigenvalue weighted by Crippen LogP contribution is 2.59. The number of amides is 2. The lowest BCUT2D eigenvalue weighted by Crippen LogP contribution is -2.63. The lowest BCUT2D eigenvalue weighted by molar-refractivity contribution is -0.151. The fourth-order valence-corrected chi connectivity index (χ4v) is 7.01. The predicted octanol–water partition coefficient (Wildman–Crippen LogP) is 2.38. The van der Waals surface area contributed by atoms with Crippen LogP contribution in [0.25, 0.3) is 0 Å². The molecule has 4 bridgehead atoms. The van der Waals surface area contributed by atoms with Crippen LogP contribution in [0.2, 0.25) is 0 Å². The normalized spacial score (nSPS) is 38.1. The maximum absolute atomic E-state index is 14.2. The van der Waals surface area contributed by atoms with Gasteiger partial charge in [0.1, 0.15) is 11.9 Å². The molecule has 1 aliphatic heterocycles. The summed E-state index contributed by atoms with van der Waals surface area (Å²) in [5.41, 5.74) is 6.06. The number of hydrogen-bond donors (Lipinski definition) is 2. The zero-order valence-corrected chi connectivity index (χ0v) is 18.1. The predicted molar refractivity (Wildman–Crippen MR) is 113 cm³/mol. The van der Waals surface area contributed by atoms with Crippen LogP contribution in [0.5, 0.6) is 0 Å². The average Bonchev–Trinajstić information content (AvgIpc) is 2.75. The minimum Gasteiger partial charge on any atom is -0.369 e. The highest BCUT2D eigenvalue weighted by Gasteiger charge is 2.58. The number of halogens is 1. The maximum atomic E-state index is 14.2. The molecule has 4 unspecified atom stereocenters. The van der Waals surface area contributed by atoms with Crippen molar-refractivity contribution in [1.29, 1.82) is 0 Å². The molecule has 0 spiro atoms. The summed E-state index contributed by atoms with van der Waals surface area (Å²) in [5, 5.41) is 3.28. The van der Waals surface area contributed by atoms with E-state index in [0.717, 1.165) is 32.1 Å². The van der Waals surface area contributed by atoms with E-state index in [1.807, 2.05) is 13.0 Å². The molecular weight excluding hydrogens is 397 g/mol. The molecule has 5 aliphatic rings. The minimum absolute atomic E-state index is 0.0870. The van der Waals surface area contributed by atoms with Crippen LogP contribution in [-0.4, -0.2) is 48.6 Å². The third-order valence-electron chi connectivity index (χ3n) is 8.40. The van der Waals surface area contributed by atoms with E-state index in [0.29, 0.717) is 43.0 Å². The van der Waals surface area contributed by atoms with Crippen LogP contribution >= 0.6 is 0 Å². The Bertz CT molecular complexity index is 861. The topological polar surface area (TPSA) is 84.7 Å². The van der Waals surface area contributed by atoms with Crippen molar-refractivity contribution in [2.24, 2.45) is 28.9 Å². The Labute approximate surface area is 182 Å². The van der Waals surface area contributed by atoms with E-state index < -0.39 is 6.10 Å². The zero-order chi connectivity index (χ0) is 21.8. The van der Waals surface area contributed by atoms with Crippen molar-refractivity contribution in [3.8, 4) is 0 Å². The summed E-state index contributed by atoms with van der Waals surface area (Å²) in [5.74, 6) is 0.723. The lowest BCUT2D eigenvalue weighted by Gasteiger charge is -2.59. The third-order valence-corrected chi connectivity index (χ3v) is 8.40. The number of nitrogens with zero attached hydrogens (tertiary/aromatic N) is 1. The largest absolute Gasteiger partial charge is 0.369 e. The highest BCUT2D eigenvalue weighted by molar-refractivity contribution is 5.83. The molecule has 6 rings (SSSR count). The van der Waals surface area contributed by atoms with Gasteiger partial charge in [0, 0.05) is 36.2 Å². The molecule has 4 atom stereocenters. The van der Waals surface area contributed by atoms with Crippen LogP contribution in [0.3, 0.4) is 0 Å². The lowest BCUT2D eigenvalue weighted by atomic mass is 9.47. The van der Waals surface area contributed by atoms with E-state index >= 15 is 0 Å². The number of nitrogens with two attached hydrogens (primary N) is 1. The van der Waals surface area contributed by atoms with E-state index in [2.05, 4.69) is 10.2 Å². The molecule has 0 radical (unpaired) electrons. The molecule has 2 amide bonds. The second-order valence-corrected chi connectivity index (χ2v) is 10.2. The van der Waals surface area contributed by atoms with Crippen LogP contribution in [0.1, 0.15) is 50.6 Å². The van der Waals surface area contributed by atoms with Crippen molar-refractivity contribution in [1.82, 2.24) is 10.2 Å². The Morgan fingerprint density at radius 1 is 1.23 bits per heavy atom. The number of morpholine rings is 1. The van der Waals surface area contributed by atoms with Gasteiger partial charge in [-0.05, 0) is 62.8 Å². The number of carbonyl (C=O) groups is 2. The molecule has 1 aromatic carbocycles. The van der Waals surface area contributed by atoms with Gasteiger partial charge in [-0.3, -0.25) is 14.5 Å². The smallest absolute Gasteiger partial charge is 0.250 e. The van der Waals surface area contributed by atoms with E-state index in [9.17, 15) is 14.0 Å². The van der Waals surface area contributed by atoms with E-state index in [-0.39, 0.29) is 35.1 Å². The van der Waals surface area contributed by atoms with Crippen molar-refractivity contribution in [2.45, 2.75) is 57.2 Å². The molecule has 7 heteroatoms. The van der Waals surface area contributed by atoms with E-state index in [4.69, 9.17) is 10.5 Å². The Morgan fingerprint density at radius 2 is 1.94 bits per heavy atom. The molecule has 6 nitrogen and oxygen atoms in total. The first kappa shape index (κ1) is 20.9. The van der Waals surface area contributed by atoms with Crippen LogP contribution in [0, 0.1) is 29.0 Å². The Morgan fingerprint density at radius 3 is 2.61 bits per heavy atom. The fraction of sp³-hybridized carbons (Fsp3) is 0.667. The first-order valence-corrected chi connectivity index (χ1v) is 11.6. The van der Waals surface area contributed by atoms with Crippen molar-refractivity contribution in [3.63, 3.8) is 0 Å². The second kappa shape index (κ2) is 7.85. The van der Waals surface area contributed by atoms with Crippen LogP contribution in [0.15, 0.2) is 24.3 Å². The number of benzene rings is 1. The summed E-state index contributed by atoms with van der Waals surface area (Å²) in [6, 6.07) is 6.77. The maximum Gasteiger partial charge on any atom is 0.250 e. The van der Waals surface area contributed by atoms with Crippen molar-refractivity contribution >= 4 is 11.8 Å². The summed E-state index contributed by atoms with van der Waals surface area (Å²) < 4.78 is 20.1. The zero-order valence-electron chi connectivity index (χ0n) is 18.1. The van der Waals surface area contributed by atoms with E-state index in [1.54, 1.807) is 12.1 Å². The molecule has 4 aliphatic carbocycles. The molecule has 3 N–H and O–H groups in total. The Kier molecular flexibility index (Phi) is 5.29. The SMILES string of the molecule is CC(c1ccccc1F)N1CCOC(C(=O)NC2C3CC4CC2CC(C(N)=O)(C4)C3)C1. The Hall–Kier alpha value is -1.99. The average molecular weight is 430 g/mol. The summed E-state index contributed by atoms with van der Waals surface area (Å²) in [4.78, 5) is 27.4. The second-order valence-electron chi connectivity index (χ2n) is 10.2. The van der Waals surface area contributed by atoms with Gasteiger partial charge in [0.15, 0.2) is 0 Å². The van der Waals surface area contributed by atoms with Gasteiger partial charge in [0.2, 0.25) is 5.91 Å². The van der Waals surface area contributed by atoms with E-state index in [1.165, 1.54) is 6.07 Å². The number of hydrogen-bond acceptors (Lipinski definition) is 4. The minimum atomic E-state index is -0.565. The van der Waals surface area contributed by atoms with Gasteiger partial charge in [-0.25, -0.2) is 4.39 Å². The Balaban J connectivity index is 1.24. The van der Waals surface area contributed by atoms with Crippen molar-refractivity contribution in [2.75, 3.05) is 19.7 Å². The molecular formula is C24H32FN3O3. The van der Waals surface area contributed by atoms with Gasteiger partial charge in [-0.2, -0.15) is 0 Å². The van der Waals surface area contributed by atoms with Gasteiger partial charge in [0.25, 0.3) is 5.91 Å². The monoisotopic (exact) mass is 429 g/mol. The summed E-state index contributed by atoms with van der Waals surface area (Å²) >= 11 is 0. The van der Waals surface area contributed by atoms with Crippen LogP contribution < -0.4 is 11.1 Å². The number of primary amides is 1. The molecule has 1 saturated heterocycles. The summed E-state index contributed by atoms with van der Waals surface area (Å²) in [6.07, 6.45) is 4.08. The van der Waals surface area contributed by atoms with Gasteiger partial charge in [0.05, 0.1) is 6.61 Å². The number of nitrogens with one attached hydrogen (secondary N) is 1. The number of carbonyl (C=O) groups excluding carboxylic acids is 2. The number of rotatable bonds is 5. The molecule has 1 heterocycles. The highest BCUT2D eigenvalue weighted by atomic mass is 19.1. The first-order valence-electron chi connectivity index (χ1n) is 11.6. The quantitative estimate of drug-likeness (QED) is 0.753. The fourth-order valence-electron chi connectivity index (χ4n) is 7.01. The van der Waals surface area contributed by atoms with Gasteiger partial charge >= 0.3 is 0 Å². The molecule has 0 aromatic heterocycles. The summed E-state index contributed by atoms with van der Waals surface area (Å²) in [6.45, 7) is 3.52. The standard InChI is InChI=1S/C24H32FN3O3/c1-14(18-4-2-3-5-19(18)25)28-6-7-31-20(13-28)22(29)27-21-16-8-15-9-17(21)12-24(10-15,11-16)23(26)30/h2-5,14-17,20-21H,6-13H2,1H3,(H2,26,30)(H,27,29). The first-order chi connectivity index (χ1) is 14.9. The molecule has 168 valence electrons. The van der Waals surface area contributed by atoms with Gasteiger partial charge < -0.3 is 15.8 Å². The van der Waals surface area contributed by atoms with Gasteiger partial charge in [-0.15, -0.1) is 0 Å². The van der Waals surface area contributed by atoms with Gasteiger partial charge in [-0.1, -0.05) is 18.2 Å². The summed E-state index contributed by atoms with van der Waals surface area (Å²) in [7, 11) is 0. The molecule has 1 aromatic rings. The van der Waals surface area contributed by atoms with Crippen molar-refractivity contribution < 1.29 is 18.7 Å².